The molecule has 108 valence electrons. The van der Waals surface area contributed by atoms with E-state index in [4.69, 9.17) is 5.73 Å². The molecular formula is C13H21ClN2O2S. The largest absolute Gasteiger partial charge is 0.330 e. The molecule has 1 aromatic carbocycles. The van der Waals surface area contributed by atoms with E-state index in [0.29, 0.717) is 30.4 Å². The van der Waals surface area contributed by atoms with Gasteiger partial charge in [-0.3, -0.25) is 0 Å². The van der Waals surface area contributed by atoms with Crippen molar-refractivity contribution in [2.75, 3.05) is 19.6 Å². The van der Waals surface area contributed by atoms with Crippen molar-refractivity contribution < 1.29 is 8.42 Å². The fourth-order valence-electron chi connectivity index (χ4n) is 2.36. The van der Waals surface area contributed by atoms with Crippen LogP contribution in [0.5, 0.6) is 0 Å². The Morgan fingerprint density at radius 1 is 1.42 bits per heavy atom. The third-order valence-electron chi connectivity index (χ3n) is 3.44. The zero-order chi connectivity index (χ0) is 13.2. The molecule has 4 nitrogen and oxygen atoms in total. The van der Waals surface area contributed by atoms with E-state index >= 15 is 0 Å². The highest BCUT2D eigenvalue weighted by Gasteiger charge is 2.29. The minimum absolute atomic E-state index is 0. The number of nitrogens with two attached hydrogens (primary N) is 1. The smallest absolute Gasteiger partial charge is 0.243 e. The van der Waals surface area contributed by atoms with Crippen LogP contribution in [0.15, 0.2) is 29.2 Å². The van der Waals surface area contributed by atoms with Crippen molar-refractivity contribution in [3.8, 4) is 0 Å². The number of halogens is 1. The molecule has 2 rings (SSSR count). The summed E-state index contributed by atoms with van der Waals surface area (Å²) in [6.45, 7) is 3.61. The van der Waals surface area contributed by atoms with Crippen molar-refractivity contribution in [2.24, 2.45) is 11.7 Å². The average Bonchev–Trinajstić information content (AvgIpc) is 2.39. The molecule has 0 saturated carbocycles. The molecule has 1 atom stereocenters. The predicted molar refractivity (Wildman–Crippen MR) is 79.0 cm³/mol. The molecule has 0 radical (unpaired) electrons. The van der Waals surface area contributed by atoms with Crippen molar-refractivity contribution in [1.82, 2.24) is 4.31 Å². The maximum atomic E-state index is 12.5. The van der Waals surface area contributed by atoms with Gasteiger partial charge in [0.1, 0.15) is 0 Å². The number of aryl methyl sites for hydroxylation is 1. The van der Waals surface area contributed by atoms with Gasteiger partial charge in [0.25, 0.3) is 0 Å². The second-order valence-corrected chi connectivity index (χ2v) is 6.86. The molecule has 6 heteroatoms. The van der Waals surface area contributed by atoms with Crippen LogP contribution in [0.25, 0.3) is 0 Å². The van der Waals surface area contributed by atoms with Gasteiger partial charge in [0, 0.05) is 13.1 Å². The molecule has 0 aromatic heterocycles. The summed E-state index contributed by atoms with van der Waals surface area (Å²) in [7, 11) is -3.35. The van der Waals surface area contributed by atoms with Crippen LogP contribution >= 0.6 is 12.4 Å². The van der Waals surface area contributed by atoms with E-state index in [1.807, 2.05) is 13.0 Å². The van der Waals surface area contributed by atoms with E-state index in [9.17, 15) is 8.42 Å². The third-order valence-corrected chi connectivity index (χ3v) is 5.30. The Hall–Kier alpha value is -0.620. The zero-order valence-corrected chi connectivity index (χ0v) is 12.7. The first-order chi connectivity index (χ1) is 8.54. The van der Waals surface area contributed by atoms with Crippen LogP contribution in [0.2, 0.25) is 0 Å². The Labute approximate surface area is 121 Å². The minimum Gasteiger partial charge on any atom is -0.330 e. The minimum atomic E-state index is -3.35. The van der Waals surface area contributed by atoms with E-state index in [-0.39, 0.29) is 12.4 Å². The molecule has 1 saturated heterocycles. The maximum absolute atomic E-state index is 12.5. The van der Waals surface area contributed by atoms with Crippen LogP contribution in [-0.4, -0.2) is 32.4 Å². The van der Waals surface area contributed by atoms with Crippen molar-refractivity contribution in [2.45, 2.75) is 24.7 Å². The summed E-state index contributed by atoms with van der Waals surface area (Å²) in [5.41, 5.74) is 6.61. The van der Waals surface area contributed by atoms with Gasteiger partial charge in [0.15, 0.2) is 0 Å². The van der Waals surface area contributed by atoms with E-state index in [0.717, 1.165) is 18.4 Å². The van der Waals surface area contributed by atoms with Gasteiger partial charge < -0.3 is 5.73 Å². The second-order valence-electron chi connectivity index (χ2n) is 4.92. The van der Waals surface area contributed by atoms with Gasteiger partial charge in [0.05, 0.1) is 4.90 Å². The molecular weight excluding hydrogens is 284 g/mol. The van der Waals surface area contributed by atoms with Crippen molar-refractivity contribution >= 4 is 22.4 Å². The molecule has 2 N–H and O–H groups in total. The van der Waals surface area contributed by atoms with Crippen LogP contribution < -0.4 is 5.73 Å². The van der Waals surface area contributed by atoms with Crippen LogP contribution in [-0.2, 0) is 10.0 Å². The lowest BCUT2D eigenvalue weighted by molar-refractivity contribution is 0.271. The zero-order valence-electron chi connectivity index (χ0n) is 11.1. The van der Waals surface area contributed by atoms with Crippen LogP contribution in [0.4, 0.5) is 0 Å². The number of hydrogen-bond acceptors (Lipinski definition) is 3. The van der Waals surface area contributed by atoms with Crippen LogP contribution in [0.3, 0.4) is 0 Å². The summed E-state index contributed by atoms with van der Waals surface area (Å²) < 4.78 is 26.5. The molecule has 0 amide bonds. The Bertz CT molecular complexity index is 519. The first kappa shape index (κ1) is 16.4. The summed E-state index contributed by atoms with van der Waals surface area (Å²) in [5.74, 6) is 0.290. The SMILES string of the molecule is Cc1cccc(S(=O)(=O)N2CCCC(CN)C2)c1.Cl. The fourth-order valence-corrected chi connectivity index (χ4v) is 4.02. The highest BCUT2D eigenvalue weighted by Crippen LogP contribution is 2.23. The molecule has 1 heterocycles. The summed E-state index contributed by atoms with van der Waals surface area (Å²) in [6.07, 6.45) is 1.92. The van der Waals surface area contributed by atoms with Crippen molar-refractivity contribution in [1.29, 1.82) is 0 Å². The number of sulfonamides is 1. The van der Waals surface area contributed by atoms with Crippen LogP contribution in [0.1, 0.15) is 18.4 Å². The number of piperidine rings is 1. The van der Waals surface area contributed by atoms with Gasteiger partial charge in [-0.2, -0.15) is 4.31 Å². The monoisotopic (exact) mass is 304 g/mol. The normalized spacial score (nSPS) is 20.8. The first-order valence-corrected chi connectivity index (χ1v) is 7.75. The van der Waals surface area contributed by atoms with Gasteiger partial charge in [-0.05, 0) is 49.9 Å². The molecule has 1 aliphatic heterocycles. The highest BCUT2D eigenvalue weighted by molar-refractivity contribution is 7.89. The van der Waals surface area contributed by atoms with E-state index in [1.54, 1.807) is 22.5 Å². The average molecular weight is 305 g/mol. The van der Waals surface area contributed by atoms with Gasteiger partial charge in [-0.1, -0.05) is 12.1 Å². The molecule has 0 bridgehead atoms. The van der Waals surface area contributed by atoms with E-state index in [2.05, 4.69) is 0 Å². The van der Waals surface area contributed by atoms with Crippen molar-refractivity contribution in [3.63, 3.8) is 0 Å². The molecule has 1 aliphatic rings. The molecule has 19 heavy (non-hydrogen) atoms. The van der Waals surface area contributed by atoms with Gasteiger partial charge in [-0.15, -0.1) is 12.4 Å². The number of hydrogen-bond donors (Lipinski definition) is 1. The summed E-state index contributed by atoms with van der Waals surface area (Å²) >= 11 is 0. The lowest BCUT2D eigenvalue weighted by Gasteiger charge is -2.31. The Morgan fingerprint density at radius 2 is 2.16 bits per heavy atom. The summed E-state index contributed by atoms with van der Waals surface area (Å²) in [4.78, 5) is 0.389. The summed E-state index contributed by atoms with van der Waals surface area (Å²) in [5, 5.41) is 0. The predicted octanol–water partition coefficient (Wildman–Crippen LogP) is 1.78. The maximum Gasteiger partial charge on any atom is 0.243 e. The first-order valence-electron chi connectivity index (χ1n) is 6.31. The third kappa shape index (κ3) is 3.69. The molecule has 0 spiro atoms. The lowest BCUT2D eigenvalue weighted by atomic mass is 10.0. The van der Waals surface area contributed by atoms with Crippen molar-refractivity contribution in [3.05, 3.63) is 29.8 Å². The standard InChI is InChI=1S/C13H20N2O2S.ClH/c1-11-4-2-6-13(8-11)18(16,17)15-7-3-5-12(9-14)10-15;/h2,4,6,8,12H,3,5,7,9-10,14H2,1H3;1H. The molecule has 1 unspecified atom stereocenters. The fraction of sp³-hybridized carbons (Fsp3) is 0.538. The lowest BCUT2D eigenvalue weighted by Crippen LogP contribution is -2.41. The summed E-state index contributed by atoms with van der Waals surface area (Å²) in [6, 6.07) is 7.07. The van der Waals surface area contributed by atoms with Gasteiger partial charge in [0.2, 0.25) is 10.0 Å². The Balaban J connectivity index is 0.00000180. The van der Waals surface area contributed by atoms with Gasteiger partial charge >= 0.3 is 0 Å². The number of rotatable bonds is 3. The van der Waals surface area contributed by atoms with E-state index < -0.39 is 10.0 Å². The molecule has 1 fully saturated rings. The Kier molecular flexibility index (Phi) is 5.80. The topological polar surface area (TPSA) is 63.4 Å². The quantitative estimate of drug-likeness (QED) is 0.926. The number of benzene rings is 1. The molecule has 1 aromatic rings. The van der Waals surface area contributed by atoms with Crippen LogP contribution in [0, 0.1) is 12.8 Å². The second kappa shape index (κ2) is 6.70. The number of nitrogens with zero attached hydrogens (tertiary/aromatic N) is 1. The van der Waals surface area contributed by atoms with Gasteiger partial charge in [-0.25, -0.2) is 8.42 Å². The molecule has 0 aliphatic carbocycles. The Morgan fingerprint density at radius 3 is 2.79 bits per heavy atom. The highest BCUT2D eigenvalue weighted by atomic mass is 35.5. The van der Waals surface area contributed by atoms with E-state index in [1.165, 1.54) is 0 Å².